The Hall–Kier alpha value is -2.23. The van der Waals surface area contributed by atoms with Crippen LogP contribution < -0.4 is 0 Å². The summed E-state index contributed by atoms with van der Waals surface area (Å²) in [6.07, 6.45) is 3.17. The summed E-state index contributed by atoms with van der Waals surface area (Å²) < 4.78 is 1.68. The molecule has 0 aliphatic heterocycles. The quantitative estimate of drug-likeness (QED) is 0.637. The van der Waals surface area contributed by atoms with Crippen LogP contribution in [0.1, 0.15) is 11.1 Å². The predicted molar refractivity (Wildman–Crippen MR) is 66.1 cm³/mol. The van der Waals surface area contributed by atoms with E-state index >= 15 is 0 Å². The van der Waals surface area contributed by atoms with E-state index in [4.69, 9.17) is 0 Å². The SMILES string of the molecule is Cc1ccc2c(C)cc(-n3cncn3)nc2c1. The van der Waals surface area contributed by atoms with Gasteiger partial charge in [-0.2, -0.15) is 5.10 Å². The standard InChI is InChI=1S/C13H12N4/c1-9-3-4-11-10(2)6-13(16-12(11)5-9)17-8-14-7-15-17/h3-8H,1-2H3. The van der Waals surface area contributed by atoms with Crippen LogP contribution in [0, 0.1) is 13.8 Å². The van der Waals surface area contributed by atoms with E-state index in [1.54, 1.807) is 11.0 Å². The Morgan fingerprint density at radius 3 is 2.76 bits per heavy atom. The number of aromatic nitrogens is 4. The molecule has 0 bridgehead atoms. The zero-order valence-corrected chi connectivity index (χ0v) is 9.75. The highest BCUT2D eigenvalue weighted by Crippen LogP contribution is 2.20. The topological polar surface area (TPSA) is 43.6 Å². The number of nitrogens with zero attached hydrogens (tertiary/aromatic N) is 4. The third kappa shape index (κ3) is 1.67. The van der Waals surface area contributed by atoms with Crippen molar-refractivity contribution >= 4 is 10.9 Å². The van der Waals surface area contributed by atoms with Crippen molar-refractivity contribution in [3.05, 3.63) is 48.0 Å². The number of hydrogen-bond acceptors (Lipinski definition) is 3. The molecule has 0 N–H and O–H groups in total. The minimum atomic E-state index is 0.804. The van der Waals surface area contributed by atoms with Gasteiger partial charge in [0.2, 0.25) is 0 Å². The van der Waals surface area contributed by atoms with Crippen molar-refractivity contribution in [2.75, 3.05) is 0 Å². The highest BCUT2D eigenvalue weighted by Gasteiger charge is 2.04. The molecule has 4 heteroatoms. The fourth-order valence-corrected chi connectivity index (χ4v) is 1.94. The lowest BCUT2D eigenvalue weighted by Crippen LogP contribution is -1.99. The van der Waals surface area contributed by atoms with E-state index in [1.165, 1.54) is 22.8 Å². The van der Waals surface area contributed by atoms with Crippen LogP contribution in [0.3, 0.4) is 0 Å². The zero-order chi connectivity index (χ0) is 11.8. The van der Waals surface area contributed by atoms with Gasteiger partial charge in [0.15, 0.2) is 5.82 Å². The monoisotopic (exact) mass is 224 g/mol. The Labute approximate surface area is 98.9 Å². The van der Waals surface area contributed by atoms with E-state index in [0.29, 0.717) is 0 Å². The molecule has 0 atom stereocenters. The molecule has 0 spiro atoms. The Morgan fingerprint density at radius 1 is 1.12 bits per heavy atom. The molecule has 0 fully saturated rings. The van der Waals surface area contributed by atoms with Crippen LogP contribution >= 0.6 is 0 Å². The van der Waals surface area contributed by atoms with E-state index < -0.39 is 0 Å². The third-order valence-corrected chi connectivity index (χ3v) is 2.81. The minimum Gasteiger partial charge on any atom is -0.229 e. The molecule has 0 aliphatic carbocycles. The lowest BCUT2D eigenvalue weighted by atomic mass is 10.1. The van der Waals surface area contributed by atoms with Gasteiger partial charge in [0.25, 0.3) is 0 Å². The van der Waals surface area contributed by atoms with Gasteiger partial charge < -0.3 is 0 Å². The van der Waals surface area contributed by atoms with Gasteiger partial charge in [0.05, 0.1) is 5.52 Å². The first-order chi connectivity index (χ1) is 8.24. The van der Waals surface area contributed by atoms with Crippen molar-refractivity contribution in [3.63, 3.8) is 0 Å². The number of hydrogen-bond donors (Lipinski definition) is 0. The van der Waals surface area contributed by atoms with Gasteiger partial charge in [-0.1, -0.05) is 12.1 Å². The summed E-state index contributed by atoms with van der Waals surface area (Å²) in [5.41, 5.74) is 3.40. The lowest BCUT2D eigenvalue weighted by Gasteiger charge is -2.06. The molecule has 3 aromatic rings. The van der Waals surface area contributed by atoms with Crippen LogP contribution in [0.2, 0.25) is 0 Å². The van der Waals surface area contributed by atoms with Gasteiger partial charge >= 0.3 is 0 Å². The van der Waals surface area contributed by atoms with E-state index in [-0.39, 0.29) is 0 Å². The summed E-state index contributed by atoms with van der Waals surface area (Å²) in [4.78, 5) is 8.54. The maximum atomic E-state index is 4.60. The normalized spacial score (nSPS) is 10.9. The molecule has 3 rings (SSSR count). The van der Waals surface area contributed by atoms with Crippen LogP contribution in [0.15, 0.2) is 36.9 Å². The van der Waals surface area contributed by atoms with Crippen LogP contribution in [0.5, 0.6) is 0 Å². The van der Waals surface area contributed by atoms with Gasteiger partial charge in [0, 0.05) is 5.39 Å². The second-order valence-electron chi connectivity index (χ2n) is 4.16. The average molecular weight is 224 g/mol. The first kappa shape index (κ1) is 9.96. The molecule has 2 heterocycles. The van der Waals surface area contributed by atoms with E-state index in [2.05, 4.69) is 47.1 Å². The molecular formula is C13H12N4. The van der Waals surface area contributed by atoms with Crippen molar-refractivity contribution in [3.8, 4) is 5.82 Å². The van der Waals surface area contributed by atoms with Crippen molar-refractivity contribution in [1.82, 2.24) is 19.7 Å². The van der Waals surface area contributed by atoms with Crippen molar-refractivity contribution in [1.29, 1.82) is 0 Å². The minimum absolute atomic E-state index is 0.804. The van der Waals surface area contributed by atoms with E-state index in [1.807, 2.05) is 6.07 Å². The molecule has 0 amide bonds. The molecular weight excluding hydrogens is 212 g/mol. The molecule has 84 valence electrons. The van der Waals surface area contributed by atoms with Gasteiger partial charge in [-0.05, 0) is 37.1 Å². The summed E-state index contributed by atoms with van der Waals surface area (Å²) in [6.45, 7) is 4.15. The van der Waals surface area contributed by atoms with Gasteiger partial charge in [0.1, 0.15) is 12.7 Å². The molecule has 17 heavy (non-hydrogen) atoms. The van der Waals surface area contributed by atoms with E-state index in [9.17, 15) is 0 Å². The maximum Gasteiger partial charge on any atom is 0.156 e. The van der Waals surface area contributed by atoms with Crippen LogP contribution in [-0.2, 0) is 0 Å². The van der Waals surface area contributed by atoms with Crippen LogP contribution in [0.25, 0.3) is 16.7 Å². The Morgan fingerprint density at radius 2 is 2.00 bits per heavy atom. The molecule has 0 saturated heterocycles. The van der Waals surface area contributed by atoms with E-state index in [0.717, 1.165) is 11.3 Å². The second kappa shape index (κ2) is 3.66. The first-order valence-electron chi connectivity index (χ1n) is 5.47. The lowest BCUT2D eigenvalue weighted by molar-refractivity contribution is 0.849. The second-order valence-corrected chi connectivity index (χ2v) is 4.16. The Balaban J connectivity index is 2.29. The summed E-state index contributed by atoms with van der Waals surface area (Å²) in [5, 5.41) is 5.28. The molecule has 0 radical (unpaired) electrons. The number of benzene rings is 1. The fourth-order valence-electron chi connectivity index (χ4n) is 1.94. The average Bonchev–Trinajstić information content (AvgIpc) is 2.81. The van der Waals surface area contributed by atoms with Crippen molar-refractivity contribution in [2.24, 2.45) is 0 Å². The highest BCUT2D eigenvalue weighted by atomic mass is 15.3. The van der Waals surface area contributed by atoms with Gasteiger partial charge in [-0.3, -0.25) is 0 Å². The Bertz CT molecular complexity index is 671. The molecule has 4 nitrogen and oxygen atoms in total. The molecule has 0 saturated carbocycles. The molecule has 0 unspecified atom stereocenters. The highest BCUT2D eigenvalue weighted by molar-refractivity contribution is 5.83. The number of pyridine rings is 1. The summed E-state index contributed by atoms with van der Waals surface area (Å²) >= 11 is 0. The predicted octanol–water partition coefficient (Wildman–Crippen LogP) is 2.43. The summed E-state index contributed by atoms with van der Waals surface area (Å²) in [5.74, 6) is 0.804. The van der Waals surface area contributed by atoms with Crippen LogP contribution in [0.4, 0.5) is 0 Å². The molecule has 2 aromatic heterocycles. The number of fused-ring (bicyclic) bond motifs is 1. The number of aryl methyl sites for hydroxylation is 2. The first-order valence-corrected chi connectivity index (χ1v) is 5.47. The number of rotatable bonds is 1. The van der Waals surface area contributed by atoms with Crippen molar-refractivity contribution in [2.45, 2.75) is 13.8 Å². The third-order valence-electron chi connectivity index (χ3n) is 2.81. The fraction of sp³-hybridized carbons (Fsp3) is 0.154. The van der Waals surface area contributed by atoms with Crippen LogP contribution in [-0.4, -0.2) is 19.7 Å². The zero-order valence-electron chi connectivity index (χ0n) is 9.75. The smallest absolute Gasteiger partial charge is 0.156 e. The van der Waals surface area contributed by atoms with Gasteiger partial charge in [-0.15, -0.1) is 0 Å². The van der Waals surface area contributed by atoms with Crippen molar-refractivity contribution < 1.29 is 0 Å². The summed E-state index contributed by atoms with van der Waals surface area (Å²) in [7, 11) is 0. The largest absolute Gasteiger partial charge is 0.229 e. The molecule has 1 aromatic carbocycles. The molecule has 0 aliphatic rings. The summed E-state index contributed by atoms with van der Waals surface area (Å²) in [6, 6.07) is 8.32. The Kier molecular flexibility index (Phi) is 2.14. The maximum absolute atomic E-state index is 4.60. The van der Waals surface area contributed by atoms with Gasteiger partial charge in [-0.25, -0.2) is 14.6 Å².